The second-order valence-corrected chi connectivity index (χ2v) is 4.69. The minimum absolute atomic E-state index is 0.242. The molecule has 2 rings (SSSR count). The minimum atomic E-state index is 0.242. The van der Waals surface area contributed by atoms with Crippen LogP contribution >= 0.6 is 11.8 Å². The van der Waals surface area contributed by atoms with Crippen LogP contribution in [0.2, 0.25) is 0 Å². The van der Waals surface area contributed by atoms with Crippen LogP contribution in [0.4, 0.5) is 0 Å². The maximum Gasteiger partial charge on any atom is 0.0497 e. The van der Waals surface area contributed by atoms with Crippen molar-refractivity contribution in [2.75, 3.05) is 12.4 Å². The van der Waals surface area contributed by atoms with E-state index >= 15 is 0 Å². The number of rotatable bonds is 2. The quantitative estimate of drug-likeness (QED) is 0.780. The fraction of sp³-hybridized carbons (Fsp3) is 0.455. The first-order chi connectivity index (χ1) is 6.31. The molecule has 0 radical (unpaired) electrons. The molecule has 0 spiro atoms. The Kier molecular flexibility index (Phi) is 2.61. The van der Waals surface area contributed by atoms with Gasteiger partial charge < -0.3 is 5.11 Å². The summed E-state index contributed by atoms with van der Waals surface area (Å²) in [7, 11) is 0. The summed E-state index contributed by atoms with van der Waals surface area (Å²) in [5.41, 5.74) is 2.73. The third kappa shape index (κ3) is 1.74. The van der Waals surface area contributed by atoms with Crippen LogP contribution < -0.4 is 0 Å². The number of benzene rings is 1. The average molecular weight is 194 g/mol. The minimum Gasteiger partial charge on any atom is -0.396 e. The Labute approximate surface area is 83.2 Å². The Morgan fingerprint density at radius 3 is 3.15 bits per heavy atom. The molecule has 1 atom stereocenters. The molecule has 0 aromatic heterocycles. The summed E-state index contributed by atoms with van der Waals surface area (Å²) in [6, 6.07) is 6.57. The second kappa shape index (κ2) is 3.72. The Bertz CT molecular complexity index is 309. The average Bonchev–Trinajstić information content (AvgIpc) is 2.63. The van der Waals surface area contributed by atoms with Gasteiger partial charge in [-0.15, -0.1) is 11.8 Å². The van der Waals surface area contributed by atoms with Gasteiger partial charge in [-0.05, 0) is 23.6 Å². The largest absolute Gasteiger partial charge is 0.396 e. The van der Waals surface area contributed by atoms with Crippen LogP contribution in [0.3, 0.4) is 0 Å². The first-order valence-electron chi connectivity index (χ1n) is 4.67. The van der Waals surface area contributed by atoms with E-state index in [1.165, 1.54) is 28.2 Å². The van der Waals surface area contributed by atoms with Gasteiger partial charge in [-0.1, -0.05) is 19.1 Å². The van der Waals surface area contributed by atoms with Crippen molar-refractivity contribution in [2.45, 2.75) is 24.2 Å². The van der Waals surface area contributed by atoms with Crippen LogP contribution in [0.25, 0.3) is 0 Å². The van der Waals surface area contributed by atoms with Crippen molar-refractivity contribution >= 4 is 11.8 Å². The summed E-state index contributed by atoms with van der Waals surface area (Å²) >= 11 is 1.93. The van der Waals surface area contributed by atoms with Crippen LogP contribution in [0.5, 0.6) is 0 Å². The SMILES string of the molecule is CC(CO)c1ccc2c(c1)CCS2. The third-order valence-electron chi connectivity index (χ3n) is 2.56. The highest BCUT2D eigenvalue weighted by atomic mass is 32.2. The highest BCUT2D eigenvalue weighted by molar-refractivity contribution is 7.99. The third-order valence-corrected chi connectivity index (χ3v) is 3.67. The fourth-order valence-corrected chi connectivity index (χ4v) is 2.67. The number of fused-ring (bicyclic) bond motifs is 1. The van der Waals surface area contributed by atoms with E-state index < -0.39 is 0 Å². The molecule has 1 heterocycles. The number of aliphatic hydroxyl groups excluding tert-OH is 1. The highest BCUT2D eigenvalue weighted by Gasteiger charge is 2.13. The Balaban J connectivity index is 2.30. The molecule has 1 N–H and O–H groups in total. The molecule has 0 saturated heterocycles. The van der Waals surface area contributed by atoms with Gasteiger partial charge in [-0.2, -0.15) is 0 Å². The van der Waals surface area contributed by atoms with Gasteiger partial charge in [0.2, 0.25) is 0 Å². The fourth-order valence-electron chi connectivity index (χ4n) is 1.62. The molecule has 0 amide bonds. The molecule has 1 unspecified atom stereocenters. The van der Waals surface area contributed by atoms with Gasteiger partial charge in [0.05, 0.1) is 0 Å². The van der Waals surface area contributed by atoms with Crippen molar-refractivity contribution in [3.8, 4) is 0 Å². The van der Waals surface area contributed by atoms with Crippen molar-refractivity contribution in [3.63, 3.8) is 0 Å². The van der Waals surface area contributed by atoms with Gasteiger partial charge >= 0.3 is 0 Å². The lowest BCUT2D eigenvalue weighted by molar-refractivity contribution is 0.273. The number of aliphatic hydroxyl groups is 1. The van der Waals surface area contributed by atoms with Gasteiger partial charge in [0.25, 0.3) is 0 Å². The summed E-state index contributed by atoms with van der Waals surface area (Å²) in [6.45, 7) is 2.30. The molecule has 1 aromatic carbocycles. The van der Waals surface area contributed by atoms with Gasteiger partial charge in [-0.3, -0.25) is 0 Å². The van der Waals surface area contributed by atoms with Gasteiger partial charge in [0, 0.05) is 23.2 Å². The van der Waals surface area contributed by atoms with Crippen LogP contribution in [0, 0.1) is 0 Å². The topological polar surface area (TPSA) is 20.2 Å². The molecule has 1 nitrogen and oxygen atoms in total. The number of aryl methyl sites for hydroxylation is 1. The highest BCUT2D eigenvalue weighted by Crippen LogP contribution is 2.33. The van der Waals surface area contributed by atoms with Gasteiger partial charge in [-0.25, -0.2) is 0 Å². The predicted molar refractivity (Wildman–Crippen MR) is 56.4 cm³/mol. The van der Waals surface area contributed by atoms with Crippen LogP contribution in [0.1, 0.15) is 24.0 Å². The van der Waals surface area contributed by atoms with E-state index in [-0.39, 0.29) is 12.5 Å². The van der Waals surface area contributed by atoms with E-state index in [0.717, 1.165) is 0 Å². The van der Waals surface area contributed by atoms with Crippen molar-refractivity contribution in [1.82, 2.24) is 0 Å². The molecule has 2 heteroatoms. The smallest absolute Gasteiger partial charge is 0.0497 e. The van der Waals surface area contributed by atoms with E-state index in [1.807, 2.05) is 11.8 Å². The number of hydrogen-bond donors (Lipinski definition) is 1. The Morgan fingerprint density at radius 1 is 1.54 bits per heavy atom. The predicted octanol–water partition coefficient (Wildman–Crippen LogP) is 2.43. The molecule has 0 aliphatic carbocycles. The van der Waals surface area contributed by atoms with Crippen LogP contribution in [-0.2, 0) is 6.42 Å². The molecule has 0 bridgehead atoms. The molecule has 1 aliphatic heterocycles. The first-order valence-corrected chi connectivity index (χ1v) is 5.66. The summed E-state index contributed by atoms with van der Waals surface area (Å²) in [5.74, 6) is 1.49. The van der Waals surface area contributed by atoms with E-state index in [1.54, 1.807) is 0 Å². The normalized spacial score (nSPS) is 17.1. The van der Waals surface area contributed by atoms with E-state index in [2.05, 4.69) is 25.1 Å². The maximum absolute atomic E-state index is 9.03. The summed E-state index contributed by atoms with van der Waals surface area (Å²) in [6.07, 6.45) is 1.19. The molecule has 70 valence electrons. The van der Waals surface area contributed by atoms with Crippen molar-refractivity contribution in [2.24, 2.45) is 0 Å². The molecular weight excluding hydrogens is 180 g/mol. The Morgan fingerprint density at radius 2 is 2.38 bits per heavy atom. The molecule has 0 fully saturated rings. The van der Waals surface area contributed by atoms with E-state index in [0.29, 0.717) is 0 Å². The standard InChI is InChI=1S/C11H14OS/c1-8(7-12)9-2-3-11-10(6-9)4-5-13-11/h2-3,6,8,12H,4-5,7H2,1H3. The van der Waals surface area contributed by atoms with Crippen LogP contribution in [0.15, 0.2) is 23.1 Å². The van der Waals surface area contributed by atoms with E-state index in [4.69, 9.17) is 5.11 Å². The Hall–Kier alpha value is -0.470. The molecule has 1 aliphatic rings. The number of thioether (sulfide) groups is 1. The lowest BCUT2D eigenvalue weighted by atomic mass is 9.99. The van der Waals surface area contributed by atoms with Gasteiger partial charge in [0.15, 0.2) is 0 Å². The second-order valence-electron chi connectivity index (χ2n) is 3.55. The zero-order chi connectivity index (χ0) is 9.26. The first kappa shape index (κ1) is 9.10. The molecular formula is C11H14OS. The summed E-state index contributed by atoms with van der Waals surface area (Å²) in [5, 5.41) is 9.03. The van der Waals surface area contributed by atoms with Crippen LogP contribution in [-0.4, -0.2) is 17.5 Å². The maximum atomic E-state index is 9.03. The summed E-state index contributed by atoms with van der Waals surface area (Å²) in [4.78, 5) is 1.42. The summed E-state index contributed by atoms with van der Waals surface area (Å²) < 4.78 is 0. The molecule has 13 heavy (non-hydrogen) atoms. The van der Waals surface area contributed by atoms with Crippen molar-refractivity contribution in [1.29, 1.82) is 0 Å². The molecule has 1 aromatic rings. The van der Waals surface area contributed by atoms with E-state index in [9.17, 15) is 0 Å². The zero-order valence-corrected chi connectivity index (χ0v) is 8.60. The number of hydrogen-bond acceptors (Lipinski definition) is 2. The monoisotopic (exact) mass is 194 g/mol. The lowest BCUT2D eigenvalue weighted by Crippen LogP contribution is -1.99. The van der Waals surface area contributed by atoms with Crippen molar-refractivity contribution < 1.29 is 5.11 Å². The zero-order valence-electron chi connectivity index (χ0n) is 7.79. The van der Waals surface area contributed by atoms with Crippen molar-refractivity contribution in [3.05, 3.63) is 29.3 Å². The lowest BCUT2D eigenvalue weighted by Gasteiger charge is -2.09. The van der Waals surface area contributed by atoms with Gasteiger partial charge in [0.1, 0.15) is 0 Å². The molecule has 0 saturated carbocycles.